The van der Waals surface area contributed by atoms with Crippen molar-refractivity contribution in [3.8, 4) is 0 Å². The Hall–Kier alpha value is -1.41. The minimum absolute atomic E-state index is 0.00251. The number of hydroxylamine groups is 2. The number of nitrogens with zero attached hydrogens (tertiary/aromatic N) is 2. The second kappa shape index (κ2) is 8.76. The summed E-state index contributed by atoms with van der Waals surface area (Å²) in [7, 11) is 0.0230. The molecule has 7 heteroatoms. The lowest BCUT2D eigenvalue weighted by molar-refractivity contribution is -0.142. The molecule has 0 aromatic heterocycles. The number of amides is 1. The monoisotopic (exact) mass is 420 g/mol. The summed E-state index contributed by atoms with van der Waals surface area (Å²) >= 11 is 0. The van der Waals surface area contributed by atoms with E-state index in [1.54, 1.807) is 0 Å². The van der Waals surface area contributed by atoms with Crippen molar-refractivity contribution in [2.75, 3.05) is 20.1 Å². The van der Waals surface area contributed by atoms with Gasteiger partial charge in [0.25, 0.3) is 0 Å². The van der Waals surface area contributed by atoms with Gasteiger partial charge in [-0.25, -0.2) is 4.79 Å². The van der Waals surface area contributed by atoms with Gasteiger partial charge in [0, 0.05) is 20.1 Å². The Bertz CT molecular complexity index is 692. The molecule has 162 valence electrons. The molecule has 1 aromatic carbocycles. The molecule has 1 amide bonds. The van der Waals surface area contributed by atoms with Crippen LogP contribution in [0.15, 0.2) is 30.3 Å². The van der Waals surface area contributed by atoms with E-state index in [1.165, 1.54) is 0 Å². The zero-order valence-corrected chi connectivity index (χ0v) is 19.7. The molecule has 2 aliphatic heterocycles. The van der Waals surface area contributed by atoms with Crippen molar-refractivity contribution in [1.29, 1.82) is 0 Å². The van der Waals surface area contributed by atoms with E-state index in [0.29, 0.717) is 6.54 Å². The number of rotatable bonds is 5. The second-order valence-corrected chi connectivity index (χ2v) is 14.5. The average Bonchev–Trinajstić information content (AvgIpc) is 3.25. The Kier molecular flexibility index (Phi) is 6.73. The number of carbonyl (C=O) groups is 1. The maximum Gasteiger partial charge on any atom is 0.410 e. The van der Waals surface area contributed by atoms with Crippen LogP contribution in [-0.2, 0) is 20.6 Å². The number of hydrogen-bond acceptors (Lipinski definition) is 5. The molecule has 2 aliphatic rings. The van der Waals surface area contributed by atoms with E-state index in [0.717, 1.165) is 24.9 Å². The maximum atomic E-state index is 13.0. The highest BCUT2D eigenvalue weighted by atomic mass is 28.4. The van der Waals surface area contributed by atoms with Crippen LogP contribution in [0.4, 0.5) is 4.79 Å². The van der Waals surface area contributed by atoms with Gasteiger partial charge in [0.15, 0.2) is 8.32 Å². The van der Waals surface area contributed by atoms with Gasteiger partial charge in [-0.05, 0) is 36.5 Å². The molecule has 0 saturated carbocycles. The van der Waals surface area contributed by atoms with Crippen LogP contribution in [-0.4, -0.2) is 62.8 Å². The molecule has 29 heavy (non-hydrogen) atoms. The quantitative estimate of drug-likeness (QED) is 0.660. The normalized spacial score (nSPS) is 26.1. The number of likely N-dealkylation sites (tertiary alicyclic amines) is 1. The molecule has 0 bridgehead atoms. The van der Waals surface area contributed by atoms with Gasteiger partial charge in [-0.2, -0.15) is 5.06 Å². The van der Waals surface area contributed by atoms with Crippen molar-refractivity contribution in [2.24, 2.45) is 0 Å². The molecule has 2 saturated heterocycles. The van der Waals surface area contributed by atoms with Crippen molar-refractivity contribution in [3.63, 3.8) is 0 Å². The van der Waals surface area contributed by atoms with E-state index in [1.807, 2.05) is 47.3 Å². The summed E-state index contributed by atoms with van der Waals surface area (Å²) in [6.07, 6.45) is 1.46. The van der Waals surface area contributed by atoms with Crippen LogP contribution in [0.5, 0.6) is 0 Å². The largest absolute Gasteiger partial charge is 0.445 e. The Morgan fingerprint density at radius 1 is 1.24 bits per heavy atom. The highest BCUT2D eigenvalue weighted by molar-refractivity contribution is 6.74. The predicted molar refractivity (Wildman–Crippen MR) is 116 cm³/mol. The highest BCUT2D eigenvalue weighted by Crippen LogP contribution is 2.39. The van der Waals surface area contributed by atoms with E-state index in [4.69, 9.17) is 14.0 Å². The van der Waals surface area contributed by atoms with Gasteiger partial charge in [0.2, 0.25) is 0 Å². The van der Waals surface area contributed by atoms with Crippen LogP contribution in [0.25, 0.3) is 0 Å². The van der Waals surface area contributed by atoms with E-state index >= 15 is 0 Å². The zero-order valence-electron chi connectivity index (χ0n) is 18.7. The van der Waals surface area contributed by atoms with E-state index in [9.17, 15) is 4.79 Å². The van der Waals surface area contributed by atoms with Gasteiger partial charge in [0.1, 0.15) is 12.7 Å². The predicted octanol–water partition coefficient (Wildman–Crippen LogP) is 4.42. The van der Waals surface area contributed by atoms with Gasteiger partial charge < -0.3 is 9.16 Å². The fraction of sp³-hybridized carbons (Fsp3) is 0.682. The first kappa shape index (κ1) is 22.3. The van der Waals surface area contributed by atoms with Gasteiger partial charge in [-0.3, -0.25) is 9.74 Å². The van der Waals surface area contributed by atoms with Crippen LogP contribution < -0.4 is 0 Å². The molecule has 1 aromatic rings. The highest BCUT2D eigenvalue weighted by Gasteiger charge is 2.47. The minimum Gasteiger partial charge on any atom is -0.445 e. The lowest BCUT2D eigenvalue weighted by atomic mass is 10.1. The number of benzene rings is 1. The average molecular weight is 421 g/mol. The first-order valence-corrected chi connectivity index (χ1v) is 13.5. The number of carbonyl (C=O) groups excluding carboxylic acids is 1. The van der Waals surface area contributed by atoms with Crippen LogP contribution in [0.2, 0.25) is 18.1 Å². The third kappa shape index (κ3) is 5.39. The second-order valence-electron chi connectivity index (χ2n) is 9.78. The maximum absolute atomic E-state index is 13.0. The summed E-state index contributed by atoms with van der Waals surface area (Å²) in [5.41, 5.74) is 0.988. The Balaban J connectivity index is 1.69. The van der Waals surface area contributed by atoms with Gasteiger partial charge >= 0.3 is 6.09 Å². The summed E-state index contributed by atoms with van der Waals surface area (Å²) in [5.74, 6) is 0. The molecular weight excluding hydrogens is 384 g/mol. The molecule has 0 aliphatic carbocycles. The molecule has 3 rings (SSSR count). The SMILES string of the molecule is CN1CC[C@@H]([C@@H]2C[C@@H](O[Si](C)(C)C(C)(C)C)CN2C(=O)OCc2ccccc2)O1. The Morgan fingerprint density at radius 3 is 2.52 bits per heavy atom. The molecule has 6 nitrogen and oxygen atoms in total. The fourth-order valence-electron chi connectivity index (χ4n) is 3.78. The third-order valence-electron chi connectivity index (χ3n) is 6.49. The summed E-state index contributed by atoms with van der Waals surface area (Å²) in [6.45, 7) is 13.0. The lowest BCUT2D eigenvalue weighted by Gasteiger charge is -2.38. The Labute approximate surface area is 176 Å². The molecular formula is C22H36N2O4Si. The third-order valence-corrected chi connectivity index (χ3v) is 11.0. The van der Waals surface area contributed by atoms with Crippen molar-refractivity contribution in [2.45, 2.75) is 76.6 Å². The first-order chi connectivity index (χ1) is 13.6. The topological polar surface area (TPSA) is 51.2 Å². The smallest absolute Gasteiger partial charge is 0.410 e. The van der Waals surface area contributed by atoms with Crippen molar-refractivity contribution in [3.05, 3.63) is 35.9 Å². The lowest BCUT2D eigenvalue weighted by Crippen LogP contribution is -2.45. The van der Waals surface area contributed by atoms with Crippen molar-refractivity contribution >= 4 is 14.4 Å². The molecule has 0 unspecified atom stereocenters. The molecule has 2 heterocycles. The van der Waals surface area contributed by atoms with Crippen LogP contribution in [0, 0.1) is 0 Å². The van der Waals surface area contributed by atoms with Crippen molar-refractivity contribution < 1.29 is 18.8 Å². The summed E-state index contributed by atoms with van der Waals surface area (Å²) in [5, 5.41) is 1.99. The summed E-state index contributed by atoms with van der Waals surface area (Å²) in [4.78, 5) is 20.8. The zero-order chi connectivity index (χ0) is 21.2. The number of hydrogen-bond donors (Lipinski definition) is 0. The fourth-order valence-corrected chi connectivity index (χ4v) is 5.14. The molecule has 0 radical (unpaired) electrons. The number of ether oxygens (including phenoxy) is 1. The van der Waals surface area contributed by atoms with Crippen molar-refractivity contribution in [1.82, 2.24) is 9.96 Å². The van der Waals surface area contributed by atoms with E-state index < -0.39 is 8.32 Å². The van der Waals surface area contributed by atoms with Gasteiger partial charge in [-0.15, -0.1) is 0 Å². The minimum atomic E-state index is -1.92. The standard InChI is InChI=1S/C22H36N2O4Si/c1-22(2,3)29(5,6)28-18-14-19(20-12-13-23(4)27-20)24(15-18)21(25)26-16-17-10-8-7-9-11-17/h7-11,18-20H,12-16H2,1-6H3/t18-,19+,20+/m1/s1. The molecule has 0 N–H and O–H groups in total. The van der Waals surface area contributed by atoms with E-state index in [-0.39, 0.29) is 36.0 Å². The van der Waals surface area contributed by atoms with Crippen LogP contribution in [0.1, 0.15) is 39.2 Å². The van der Waals surface area contributed by atoms with Gasteiger partial charge in [0.05, 0.1) is 12.1 Å². The molecule has 2 fully saturated rings. The molecule has 0 spiro atoms. The molecule has 3 atom stereocenters. The Morgan fingerprint density at radius 2 is 1.93 bits per heavy atom. The van der Waals surface area contributed by atoms with Crippen LogP contribution in [0.3, 0.4) is 0 Å². The van der Waals surface area contributed by atoms with Gasteiger partial charge in [-0.1, -0.05) is 51.1 Å². The van der Waals surface area contributed by atoms with Crippen LogP contribution >= 0.6 is 0 Å². The summed E-state index contributed by atoms with van der Waals surface area (Å²) in [6, 6.07) is 9.78. The first-order valence-electron chi connectivity index (χ1n) is 10.6. The summed E-state index contributed by atoms with van der Waals surface area (Å²) < 4.78 is 12.3. The van der Waals surface area contributed by atoms with E-state index in [2.05, 4.69) is 33.9 Å².